The van der Waals surface area contributed by atoms with Gasteiger partial charge in [0.05, 0.1) is 6.54 Å². The third-order valence-electron chi connectivity index (χ3n) is 3.93. The number of halogens is 1. The molecule has 5 nitrogen and oxygen atoms in total. The van der Waals surface area contributed by atoms with Gasteiger partial charge >= 0.3 is 0 Å². The molecule has 2 heterocycles. The van der Waals surface area contributed by atoms with Crippen molar-refractivity contribution in [2.24, 2.45) is 0 Å². The normalized spacial score (nSPS) is 15.0. The van der Waals surface area contributed by atoms with Crippen LogP contribution in [-0.4, -0.2) is 46.7 Å². The van der Waals surface area contributed by atoms with Gasteiger partial charge in [0.25, 0.3) is 0 Å². The highest BCUT2D eigenvalue weighted by Gasteiger charge is 2.25. The number of thioether (sulfide) groups is 1. The number of rotatable bonds is 4. The number of piperazine rings is 1. The molecule has 1 aromatic carbocycles. The Balaban J connectivity index is 1.68. The van der Waals surface area contributed by atoms with Gasteiger partial charge in [-0.15, -0.1) is 0 Å². The van der Waals surface area contributed by atoms with Crippen LogP contribution in [0.1, 0.15) is 11.3 Å². The fraction of sp³-hybridized carbons (Fsp3) is 0.353. The van der Waals surface area contributed by atoms with Gasteiger partial charge in [0.1, 0.15) is 11.6 Å². The van der Waals surface area contributed by atoms with Crippen molar-refractivity contribution in [1.82, 2.24) is 14.9 Å². The number of anilines is 1. The molecule has 0 unspecified atom stereocenters. The van der Waals surface area contributed by atoms with Gasteiger partial charge in [0, 0.05) is 31.4 Å². The first-order valence-electron chi connectivity index (χ1n) is 7.72. The van der Waals surface area contributed by atoms with Crippen LogP contribution in [0.25, 0.3) is 0 Å². The van der Waals surface area contributed by atoms with E-state index in [0.29, 0.717) is 24.8 Å². The molecule has 0 aliphatic carbocycles. The molecule has 0 atom stereocenters. The monoisotopic (exact) mass is 346 g/mol. The van der Waals surface area contributed by atoms with Crippen LogP contribution in [0.4, 0.5) is 10.2 Å². The second-order valence-electron chi connectivity index (χ2n) is 5.72. The second-order valence-corrected chi connectivity index (χ2v) is 6.49. The molecule has 1 fully saturated rings. The summed E-state index contributed by atoms with van der Waals surface area (Å²) in [7, 11) is 0. The van der Waals surface area contributed by atoms with Crippen LogP contribution >= 0.6 is 11.8 Å². The Morgan fingerprint density at radius 3 is 2.62 bits per heavy atom. The maximum Gasteiger partial charge on any atom is 0.242 e. The number of hydrogen-bond donors (Lipinski definition) is 0. The predicted octanol–water partition coefficient (Wildman–Crippen LogP) is 2.49. The molecule has 0 radical (unpaired) electrons. The van der Waals surface area contributed by atoms with Crippen LogP contribution in [0.5, 0.6) is 0 Å². The van der Waals surface area contributed by atoms with Crippen molar-refractivity contribution in [1.29, 1.82) is 0 Å². The quantitative estimate of drug-likeness (QED) is 0.629. The molecule has 1 aliphatic heterocycles. The van der Waals surface area contributed by atoms with Crippen molar-refractivity contribution in [2.45, 2.75) is 18.6 Å². The van der Waals surface area contributed by atoms with Crippen molar-refractivity contribution in [3.05, 3.63) is 47.4 Å². The summed E-state index contributed by atoms with van der Waals surface area (Å²) in [6.07, 6.45) is 1.93. The van der Waals surface area contributed by atoms with Gasteiger partial charge < -0.3 is 9.80 Å². The number of carbonyl (C=O) groups excluding carboxylic acids is 1. The van der Waals surface area contributed by atoms with E-state index >= 15 is 0 Å². The molecular formula is C17H19FN4OS. The van der Waals surface area contributed by atoms with Crippen molar-refractivity contribution < 1.29 is 9.18 Å². The van der Waals surface area contributed by atoms with E-state index in [2.05, 4.69) is 9.97 Å². The first-order chi connectivity index (χ1) is 11.5. The van der Waals surface area contributed by atoms with E-state index in [0.717, 1.165) is 23.6 Å². The van der Waals surface area contributed by atoms with E-state index in [4.69, 9.17) is 0 Å². The minimum absolute atomic E-state index is 0.0486. The highest BCUT2D eigenvalue weighted by molar-refractivity contribution is 7.98. The number of hydrogen-bond acceptors (Lipinski definition) is 5. The molecule has 0 bridgehead atoms. The molecule has 2 aromatic rings. The molecule has 24 heavy (non-hydrogen) atoms. The average Bonchev–Trinajstić information content (AvgIpc) is 2.58. The molecule has 1 amide bonds. The maximum atomic E-state index is 13.0. The van der Waals surface area contributed by atoms with Crippen LogP contribution in [0.2, 0.25) is 0 Å². The Kier molecular flexibility index (Phi) is 4.99. The van der Waals surface area contributed by atoms with E-state index < -0.39 is 0 Å². The molecule has 3 rings (SSSR count). The number of aromatic nitrogens is 2. The number of aryl methyl sites for hydroxylation is 1. The first-order valence-corrected chi connectivity index (χ1v) is 8.94. The van der Waals surface area contributed by atoms with E-state index in [9.17, 15) is 9.18 Å². The molecule has 0 spiro atoms. The standard InChI is InChI=1S/C17H19FN4OS/c1-12-9-15(20-17(19-12)24-2)21-7-8-22(16(23)11-21)10-13-3-5-14(18)6-4-13/h3-6,9H,7-8,10-11H2,1-2H3. The van der Waals surface area contributed by atoms with E-state index in [1.54, 1.807) is 17.0 Å². The zero-order chi connectivity index (χ0) is 17.1. The molecule has 1 saturated heterocycles. The largest absolute Gasteiger partial charge is 0.345 e. The summed E-state index contributed by atoms with van der Waals surface area (Å²) in [5, 5.41) is 0.714. The summed E-state index contributed by atoms with van der Waals surface area (Å²) in [4.78, 5) is 25.1. The van der Waals surface area contributed by atoms with Crippen LogP contribution < -0.4 is 4.90 Å². The van der Waals surface area contributed by atoms with Crippen molar-refractivity contribution in [2.75, 3.05) is 30.8 Å². The maximum absolute atomic E-state index is 13.0. The minimum atomic E-state index is -0.265. The Morgan fingerprint density at radius 2 is 1.96 bits per heavy atom. The SMILES string of the molecule is CSc1nc(C)cc(N2CCN(Cc3ccc(F)cc3)C(=O)C2)n1. The second kappa shape index (κ2) is 7.17. The summed E-state index contributed by atoms with van der Waals surface area (Å²) in [5.41, 5.74) is 1.83. The molecule has 0 N–H and O–H groups in total. The topological polar surface area (TPSA) is 49.3 Å². The average molecular weight is 346 g/mol. The highest BCUT2D eigenvalue weighted by Crippen LogP contribution is 2.20. The summed E-state index contributed by atoms with van der Waals surface area (Å²) in [6, 6.07) is 8.18. The molecular weight excluding hydrogens is 327 g/mol. The van der Waals surface area contributed by atoms with Crippen LogP contribution in [-0.2, 0) is 11.3 Å². The molecule has 0 saturated carbocycles. The lowest BCUT2D eigenvalue weighted by molar-refractivity contribution is -0.131. The third-order valence-corrected chi connectivity index (χ3v) is 4.48. The summed E-state index contributed by atoms with van der Waals surface area (Å²) >= 11 is 1.49. The lowest BCUT2D eigenvalue weighted by atomic mass is 10.2. The summed E-state index contributed by atoms with van der Waals surface area (Å²) in [5.74, 6) is 0.577. The zero-order valence-corrected chi connectivity index (χ0v) is 14.5. The van der Waals surface area contributed by atoms with E-state index in [-0.39, 0.29) is 11.7 Å². The summed E-state index contributed by atoms with van der Waals surface area (Å²) < 4.78 is 13.0. The number of nitrogens with zero attached hydrogens (tertiary/aromatic N) is 4. The van der Waals surface area contributed by atoms with Gasteiger partial charge in [-0.3, -0.25) is 4.79 Å². The molecule has 126 valence electrons. The lowest BCUT2D eigenvalue weighted by Gasteiger charge is -2.35. The predicted molar refractivity (Wildman–Crippen MR) is 92.6 cm³/mol. The van der Waals surface area contributed by atoms with Crippen LogP contribution in [0, 0.1) is 12.7 Å². The number of amides is 1. The number of carbonyl (C=O) groups is 1. The van der Waals surface area contributed by atoms with E-state index in [1.807, 2.05) is 24.1 Å². The molecule has 7 heteroatoms. The zero-order valence-electron chi connectivity index (χ0n) is 13.7. The number of benzene rings is 1. The lowest BCUT2D eigenvalue weighted by Crippen LogP contribution is -2.50. The Morgan fingerprint density at radius 1 is 1.21 bits per heavy atom. The van der Waals surface area contributed by atoms with Crippen LogP contribution in [0.15, 0.2) is 35.5 Å². The van der Waals surface area contributed by atoms with Crippen LogP contribution in [0.3, 0.4) is 0 Å². The highest BCUT2D eigenvalue weighted by atomic mass is 32.2. The van der Waals surface area contributed by atoms with Gasteiger partial charge in [-0.2, -0.15) is 0 Å². The van der Waals surface area contributed by atoms with Gasteiger partial charge in [-0.25, -0.2) is 14.4 Å². The van der Waals surface area contributed by atoms with Gasteiger partial charge in [0.15, 0.2) is 5.16 Å². The van der Waals surface area contributed by atoms with Crippen molar-refractivity contribution in [3.8, 4) is 0 Å². The van der Waals surface area contributed by atoms with Gasteiger partial charge in [0.2, 0.25) is 5.91 Å². The first kappa shape index (κ1) is 16.7. The molecule has 1 aliphatic rings. The fourth-order valence-electron chi connectivity index (χ4n) is 2.66. The van der Waals surface area contributed by atoms with Crippen molar-refractivity contribution in [3.63, 3.8) is 0 Å². The smallest absolute Gasteiger partial charge is 0.242 e. The van der Waals surface area contributed by atoms with Crippen molar-refractivity contribution >= 4 is 23.5 Å². The Labute approximate surface area is 144 Å². The molecule has 1 aromatic heterocycles. The van der Waals surface area contributed by atoms with E-state index in [1.165, 1.54) is 23.9 Å². The minimum Gasteiger partial charge on any atom is -0.345 e. The fourth-order valence-corrected chi connectivity index (χ4v) is 3.08. The third kappa shape index (κ3) is 3.84. The van der Waals surface area contributed by atoms with Gasteiger partial charge in [-0.05, 0) is 30.9 Å². The Hall–Kier alpha value is -2.15. The summed E-state index contributed by atoms with van der Waals surface area (Å²) in [6.45, 7) is 4.07. The Bertz CT molecular complexity index is 738. The van der Waals surface area contributed by atoms with Gasteiger partial charge in [-0.1, -0.05) is 23.9 Å².